The van der Waals surface area contributed by atoms with E-state index in [4.69, 9.17) is 9.47 Å². The summed E-state index contributed by atoms with van der Waals surface area (Å²) >= 11 is 7.01. The van der Waals surface area contributed by atoms with Crippen molar-refractivity contribution in [2.24, 2.45) is 0 Å². The van der Waals surface area contributed by atoms with Gasteiger partial charge in [0.25, 0.3) is 0 Å². The number of hydrogen-bond acceptors (Lipinski definition) is 6. The van der Waals surface area contributed by atoms with E-state index in [9.17, 15) is 0 Å². The maximum atomic E-state index is 5.55. The van der Waals surface area contributed by atoms with E-state index >= 15 is 0 Å². The van der Waals surface area contributed by atoms with E-state index < -0.39 is 0 Å². The van der Waals surface area contributed by atoms with Crippen molar-refractivity contribution in [2.45, 2.75) is 13.8 Å². The van der Waals surface area contributed by atoms with E-state index in [1.807, 2.05) is 23.5 Å². The van der Waals surface area contributed by atoms with Gasteiger partial charge in [0.2, 0.25) is 10.2 Å². The van der Waals surface area contributed by atoms with E-state index in [2.05, 4.69) is 26.0 Å². The Labute approximate surface area is 124 Å². The number of hydrogen-bond donors (Lipinski definition) is 0. The van der Waals surface area contributed by atoms with Crippen LogP contribution in [0.2, 0.25) is 0 Å². The molecule has 0 aromatic carbocycles. The van der Waals surface area contributed by atoms with Crippen LogP contribution in [0.25, 0.3) is 0 Å². The summed E-state index contributed by atoms with van der Waals surface area (Å²) in [6.07, 6.45) is 4.34. The van der Waals surface area contributed by atoms with Crippen LogP contribution in [-0.2, 0) is 9.47 Å². The average Bonchev–Trinajstić information content (AvgIpc) is 2.91. The fraction of sp³-hybridized carbons (Fsp3) is 0.333. The molecule has 0 fully saturated rings. The molecule has 0 amide bonds. The molecular formula is C12H12O2S4. The van der Waals surface area contributed by atoms with Crippen molar-refractivity contribution in [2.75, 3.05) is 13.2 Å². The molecule has 3 aliphatic heterocycles. The lowest BCUT2D eigenvalue weighted by molar-refractivity contribution is 0.0949. The number of allylic oxidation sites excluding steroid dienone is 4. The summed E-state index contributed by atoms with van der Waals surface area (Å²) in [6, 6.07) is 0. The standard InChI is InChI=1S/C12H12O2S4/c1-7-8(2)16-9(15-7)3-4-10-17-11-12(18-10)14-6-5-13-11/h3-4H,5-6H2,1-2H3. The Morgan fingerprint density at radius 1 is 0.778 bits per heavy atom. The van der Waals surface area contributed by atoms with Gasteiger partial charge < -0.3 is 9.47 Å². The van der Waals surface area contributed by atoms with Gasteiger partial charge in [-0.1, -0.05) is 23.5 Å². The molecule has 3 rings (SSSR count). The van der Waals surface area contributed by atoms with Crippen LogP contribution in [0.3, 0.4) is 0 Å². The fourth-order valence-electron chi connectivity index (χ4n) is 1.47. The summed E-state index contributed by atoms with van der Waals surface area (Å²) in [5.74, 6) is 0. The molecule has 18 heavy (non-hydrogen) atoms. The molecule has 96 valence electrons. The second-order valence-corrected chi connectivity index (χ2v) is 8.82. The normalized spacial score (nSPS) is 23.0. The first kappa shape index (κ1) is 13.0. The predicted octanol–water partition coefficient (Wildman–Crippen LogP) is 5.05. The summed E-state index contributed by atoms with van der Waals surface area (Å²) in [4.78, 5) is 2.81. The zero-order valence-corrected chi connectivity index (χ0v) is 13.3. The lowest BCUT2D eigenvalue weighted by Crippen LogP contribution is -2.08. The Hall–Kier alpha value is -0.0400. The third-order valence-electron chi connectivity index (χ3n) is 2.46. The van der Waals surface area contributed by atoms with Gasteiger partial charge in [-0.3, -0.25) is 0 Å². The number of rotatable bonds is 1. The monoisotopic (exact) mass is 316 g/mol. The van der Waals surface area contributed by atoms with Crippen LogP contribution in [-0.4, -0.2) is 13.2 Å². The lowest BCUT2D eigenvalue weighted by Gasteiger charge is -2.13. The van der Waals surface area contributed by atoms with Crippen LogP contribution < -0.4 is 0 Å². The Morgan fingerprint density at radius 2 is 1.22 bits per heavy atom. The highest BCUT2D eigenvalue weighted by Gasteiger charge is 2.26. The van der Waals surface area contributed by atoms with Gasteiger partial charge in [-0.25, -0.2) is 0 Å². The zero-order chi connectivity index (χ0) is 12.5. The molecule has 0 saturated carbocycles. The van der Waals surface area contributed by atoms with Crippen molar-refractivity contribution in [1.82, 2.24) is 0 Å². The van der Waals surface area contributed by atoms with Crippen molar-refractivity contribution < 1.29 is 9.47 Å². The SMILES string of the molecule is CC1=C(C)SC(=CC=C2SC3=C(OCCO3)S2)S1. The van der Waals surface area contributed by atoms with Crippen LogP contribution >= 0.6 is 47.0 Å². The van der Waals surface area contributed by atoms with Crippen molar-refractivity contribution in [1.29, 1.82) is 0 Å². The van der Waals surface area contributed by atoms with Gasteiger partial charge in [-0.05, 0) is 59.3 Å². The molecule has 6 heteroatoms. The molecular weight excluding hydrogens is 304 g/mol. The molecule has 0 aromatic heterocycles. The van der Waals surface area contributed by atoms with Crippen molar-refractivity contribution in [3.05, 3.63) is 40.6 Å². The van der Waals surface area contributed by atoms with Gasteiger partial charge in [-0.2, -0.15) is 0 Å². The second kappa shape index (κ2) is 5.53. The summed E-state index contributed by atoms with van der Waals surface area (Å²) in [6.45, 7) is 5.66. The fourth-order valence-corrected chi connectivity index (χ4v) is 5.88. The number of thioether (sulfide) groups is 4. The quantitative estimate of drug-likeness (QED) is 0.669. The predicted molar refractivity (Wildman–Crippen MR) is 83.8 cm³/mol. The van der Waals surface area contributed by atoms with Gasteiger partial charge in [0, 0.05) is 4.24 Å². The molecule has 0 atom stereocenters. The summed E-state index contributed by atoms with van der Waals surface area (Å²) in [5.41, 5.74) is 0. The Bertz CT molecular complexity index is 466. The van der Waals surface area contributed by atoms with E-state index in [0.717, 1.165) is 10.2 Å². The summed E-state index contributed by atoms with van der Waals surface area (Å²) in [5, 5.41) is 1.85. The van der Waals surface area contributed by atoms with E-state index in [-0.39, 0.29) is 0 Å². The minimum atomic E-state index is 0.661. The minimum Gasteiger partial charge on any atom is -0.480 e. The minimum absolute atomic E-state index is 0.661. The van der Waals surface area contributed by atoms with Crippen LogP contribution in [0.1, 0.15) is 13.8 Å². The highest BCUT2D eigenvalue weighted by molar-refractivity contribution is 8.29. The Balaban J connectivity index is 1.65. The van der Waals surface area contributed by atoms with Gasteiger partial charge >= 0.3 is 0 Å². The van der Waals surface area contributed by atoms with Crippen LogP contribution in [0.5, 0.6) is 0 Å². The third kappa shape index (κ3) is 2.76. The average molecular weight is 316 g/mol. The van der Waals surface area contributed by atoms with Crippen LogP contribution in [0.15, 0.2) is 40.6 Å². The van der Waals surface area contributed by atoms with Gasteiger partial charge in [0.15, 0.2) is 0 Å². The van der Waals surface area contributed by atoms with Gasteiger partial charge in [-0.15, -0.1) is 0 Å². The highest BCUT2D eigenvalue weighted by Crippen LogP contribution is 2.52. The Kier molecular flexibility index (Phi) is 3.98. The van der Waals surface area contributed by atoms with Crippen molar-refractivity contribution in [3.63, 3.8) is 0 Å². The highest BCUT2D eigenvalue weighted by atomic mass is 32.2. The van der Waals surface area contributed by atoms with Crippen LogP contribution in [0, 0.1) is 0 Å². The molecule has 3 aliphatic rings. The zero-order valence-electron chi connectivity index (χ0n) is 10.0. The lowest BCUT2D eigenvalue weighted by atomic mass is 10.6. The largest absolute Gasteiger partial charge is 0.480 e. The van der Waals surface area contributed by atoms with E-state index in [0.29, 0.717) is 13.2 Å². The Morgan fingerprint density at radius 3 is 1.72 bits per heavy atom. The molecule has 2 nitrogen and oxygen atoms in total. The molecule has 0 aromatic rings. The second-order valence-electron chi connectivity index (χ2n) is 3.76. The summed E-state index contributed by atoms with van der Waals surface area (Å²) < 4.78 is 13.7. The van der Waals surface area contributed by atoms with Crippen LogP contribution in [0.4, 0.5) is 0 Å². The van der Waals surface area contributed by atoms with Crippen molar-refractivity contribution in [3.8, 4) is 0 Å². The molecule has 3 heterocycles. The molecule has 0 unspecified atom stereocenters. The smallest absolute Gasteiger partial charge is 0.208 e. The van der Waals surface area contributed by atoms with E-state index in [1.165, 1.54) is 18.3 Å². The molecule has 0 spiro atoms. The maximum absolute atomic E-state index is 5.55. The van der Waals surface area contributed by atoms with Gasteiger partial charge in [0.1, 0.15) is 13.2 Å². The molecule has 0 bridgehead atoms. The first-order chi connectivity index (χ1) is 8.72. The molecule has 0 aliphatic carbocycles. The maximum Gasteiger partial charge on any atom is 0.208 e. The molecule has 0 N–H and O–H groups in total. The van der Waals surface area contributed by atoms with Gasteiger partial charge in [0.05, 0.1) is 4.24 Å². The molecule has 0 saturated heterocycles. The third-order valence-corrected chi connectivity index (χ3v) is 7.27. The first-order valence-corrected chi connectivity index (χ1v) is 8.80. The molecule has 0 radical (unpaired) electrons. The van der Waals surface area contributed by atoms with E-state index in [1.54, 1.807) is 23.5 Å². The van der Waals surface area contributed by atoms with Crippen molar-refractivity contribution >= 4 is 47.0 Å². The summed E-state index contributed by atoms with van der Waals surface area (Å²) in [7, 11) is 0. The number of ether oxygens (including phenoxy) is 2. The topological polar surface area (TPSA) is 18.5 Å². The first-order valence-electron chi connectivity index (χ1n) is 5.53.